The van der Waals surface area contributed by atoms with Crippen LogP contribution in [-0.2, 0) is 4.74 Å². The highest BCUT2D eigenvalue weighted by molar-refractivity contribution is 5.74. The van der Waals surface area contributed by atoms with E-state index in [1.807, 2.05) is 36.7 Å². The molecule has 10 heteroatoms. The Bertz CT molecular complexity index is 1530. The Morgan fingerprint density at radius 3 is 2.62 bits per heavy atom. The van der Waals surface area contributed by atoms with Gasteiger partial charge in [0.05, 0.1) is 34.1 Å². The van der Waals surface area contributed by atoms with E-state index in [2.05, 4.69) is 11.2 Å². The number of rotatable bonds is 3. The van der Waals surface area contributed by atoms with Crippen LogP contribution in [0.25, 0.3) is 16.7 Å². The number of aryl methyl sites for hydroxylation is 2. The highest BCUT2D eigenvalue weighted by Gasteiger charge is 2.69. The number of fused-ring (bicyclic) bond motifs is 3. The smallest absolute Gasteiger partial charge is 0.373 e. The fourth-order valence-corrected chi connectivity index (χ4v) is 6.64. The molecule has 4 aliphatic rings. The SMILES string of the molecule is Cc1nc2nc(C3CCOC(c4ccn5nccc5c4)C3)nc([C@H]3CC4(C(F)(F)F)CC3C4)c2nc1C. The van der Waals surface area contributed by atoms with Crippen LogP contribution in [-0.4, -0.2) is 42.3 Å². The quantitative estimate of drug-likeness (QED) is 0.350. The summed E-state index contributed by atoms with van der Waals surface area (Å²) in [7, 11) is 0. The second-order valence-electron chi connectivity index (χ2n) is 11.0. The maximum Gasteiger partial charge on any atom is 0.394 e. The lowest BCUT2D eigenvalue weighted by Gasteiger charge is -2.39. The fraction of sp³-hybridized carbons (Fsp3) is 0.519. The van der Waals surface area contributed by atoms with Gasteiger partial charge < -0.3 is 4.74 Å². The lowest BCUT2D eigenvalue weighted by atomic mass is 9.68. The van der Waals surface area contributed by atoms with Crippen LogP contribution < -0.4 is 0 Å². The third-order valence-corrected chi connectivity index (χ3v) is 8.87. The maximum absolute atomic E-state index is 13.9. The summed E-state index contributed by atoms with van der Waals surface area (Å²) in [6, 6.07) is 6.04. The number of aromatic nitrogens is 6. The minimum absolute atomic E-state index is 0.0134. The topological polar surface area (TPSA) is 78.1 Å². The van der Waals surface area contributed by atoms with Crippen molar-refractivity contribution >= 4 is 16.7 Å². The van der Waals surface area contributed by atoms with Crippen LogP contribution in [0.3, 0.4) is 0 Å². The summed E-state index contributed by atoms with van der Waals surface area (Å²) < 4.78 is 49.6. The first-order chi connectivity index (χ1) is 17.7. The largest absolute Gasteiger partial charge is 0.394 e. The molecule has 4 aromatic heterocycles. The number of pyridine rings is 1. The third kappa shape index (κ3) is 3.55. The molecule has 3 saturated carbocycles. The number of hydrogen-bond acceptors (Lipinski definition) is 6. The molecule has 7 nitrogen and oxygen atoms in total. The van der Waals surface area contributed by atoms with E-state index in [9.17, 15) is 13.2 Å². The Balaban J connectivity index is 1.27. The zero-order valence-corrected chi connectivity index (χ0v) is 20.7. The van der Waals surface area contributed by atoms with Crippen molar-refractivity contribution in [2.24, 2.45) is 11.3 Å². The van der Waals surface area contributed by atoms with Gasteiger partial charge >= 0.3 is 6.18 Å². The Kier molecular flexibility index (Phi) is 4.93. The predicted molar refractivity (Wildman–Crippen MR) is 129 cm³/mol. The van der Waals surface area contributed by atoms with Gasteiger partial charge in [0.25, 0.3) is 0 Å². The molecule has 192 valence electrons. The van der Waals surface area contributed by atoms with Gasteiger partial charge in [0.1, 0.15) is 11.3 Å². The van der Waals surface area contributed by atoms with E-state index in [1.54, 1.807) is 6.20 Å². The van der Waals surface area contributed by atoms with Crippen molar-refractivity contribution in [3.05, 3.63) is 59.1 Å². The van der Waals surface area contributed by atoms with Crippen LogP contribution in [0.15, 0.2) is 30.6 Å². The Morgan fingerprint density at radius 2 is 1.84 bits per heavy atom. The number of halogens is 3. The normalized spacial score (nSPS) is 29.6. The number of ether oxygens (including phenoxy) is 1. The number of nitrogens with zero attached hydrogens (tertiary/aromatic N) is 6. The van der Waals surface area contributed by atoms with Crippen molar-refractivity contribution < 1.29 is 17.9 Å². The zero-order valence-electron chi connectivity index (χ0n) is 20.7. The molecule has 5 heterocycles. The van der Waals surface area contributed by atoms with Crippen LogP contribution in [0.1, 0.15) is 78.5 Å². The monoisotopic (exact) mass is 508 g/mol. The van der Waals surface area contributed by atoms with Crippen molar-refractivity contribution in [2.45, 2.75) is 70.1 Å². The lowest BCUT2D eigenvalue weighted by molar-refractivity contribution is -0.244. The molecule has 0 spiro atoms. The van der Waals surface area contributed by atoms with Crippen molar-refractivity contribution in [3.8, 4) is 0 Å². The Morgan fingerprint density at radius 1 is 1.03 bits per heavy atom. The minimum Gasteiger partial charge on any atom is -0.373 e. The van der Waals surface area contributed by atoms with E-state index in [0.29, 0.717) is 35.7 Å². The van der Waals surface area contributed by atoms with Gasteiger partial charge in [0.15, 0.2) is 5.65 Å². The van der Waals surface area contributed by atoms with E-state index >= 15 is 0 Å². The number of hydrogen-bond donors (Lipinski definition) is 0. The van der Waals surface area contributed by atoms with E-state index in [1.165, 1.54) is 0 Å². The molecule has 2 unspecified atom stereocenters. The molecule has 3 atom stereocenters. The molecule has 0 radical (unpaired) electrons. The standard InChI is InChI=1S/C27H27F3N6O/c1-14-15(2)33-25-23(32-14)22(20-13-26(27(28,29)30)11-18(20)12-26)34-24(35-25)17-5-8-37-21(10-17)16-4-7-36-19(9-16)3-6-31-36/h3-4,6-7,9,17-18,20-21H,5,8,10-13H2,1-2H3/t17?,18?,20-,21?,26?/m0/s1. The summed E-state index contributed by atoms with van der Waals surface area (Å²) in [6.45, 7) is 4.30. The van der Waals surface area contributed by atoms with Gasteiger partial charge in [-0.2, -0.15) is 18.3 Å². The zero-order chi connectivity index (χ0) is 25.5. The van der Waals surface area contributed by atoms with Gasteiger partial charge in [-0.25, -0.2) is 24.5 Å². The summed E-state index contributed by atoms with van der Waals surface area (Å²) in [5.74, 6) is 0.353. The highest BCUT2D eigenvalue weighted by atomic mass is 19.4. The average molecular weight is 509 g/mol. The van der Waals surface area contributed by atoms with E-state index in [0.717, 1.165) is 28.9 Å². The highest BCUT2D eigenvalue weighted by Crippen LogP contribution is 2.70. The van der Waals surface area contributed by atoms with Gasteiger partial charge in [-0.3, -0.25) is 0 Å². The molecular formula is C27H27F3N6O. The molecule has 1 saturated heterocycles. The second kappa shape index (κ2) is 7.93. The van der Waals surface area contributed by atoms with Crippen LogP contribution in [0, 0.1) is 25.2 Å². The second-order valence-corrected chi connectivity index (χ2v) is 11.0. The predicted octanol–water partition coefficient (Wildman–Crippen LogP) is 5.77. The lowest BCUT2D eigenvalue weighted by Crippen LogP contribution is -2.42. The summed E-state index contributed by atoms with van der Waals surface area (Å²) in [5, 5.41) is 4.26. The van der Waals surface area contributed by atoms with Crippen LogP contribution in [0.2, 0.25) is 0 Å². The molecule has 3 aliphatic carbocycles. The van der Waals surface area contributed by atoms with Crippen molar-refractivity contribution in [1.29, 1.82) is 0 Å². The van der Waals surface area contributed by atoms with E-state index in [4.69, 9.17) is 24.7 Å². The molecule has 0 amide bonds. The molecule has 0 N–H and O–H groups in total. The van der Waals surface area contributed by atoms with Crippen LogP contribution in [0.4, 0.5) is 13.2 Å². The van der Waals surface area contributed by atoms with Crippen LogP contribution in [0.5, 0.6) is 0 Å². The van der Waals surface area contributed by atoms with Gasteiger partial charge in [-0.15, -0.1) is 0 Å². The molecular weight excluding hydrogens is 481 g/mol. The molecule has 4 fully saturated rings. The average Bonchev–Trinajstić information content (AvgIpc) is 3.57. The van der Waals surface area contributed by atoms with Crippen molar-refractivity contribution in [2.75, 3.05) is 6.61 Å². The first kappa shape index (κ1) is 23.0. The summed E-state index contributed by atoms with van der Waals surface area (Å²) >= 11 is 0. The van der Waals surface area contributed by atoms with Gasteiger partial charge in [0, 0.05) is 30.8 Å². The molecule has 37 heavy (non-hydrogen) atoms. The molecule has 8 rings (SSSR count). The van der Waals surface area contributed by atoms with Crippen LogP contribution >= 0.6 is 0 Å². The first-order valence-electron chi connectivity index (χ1n) is 12.9. The molecule has 1 aliphatic heterocycles. The molecule has 4 aromatic rings. The number of alkyl halides is 3. The minimum atomic E-state index is -4.19. The third-order valence-electron chi connectivity index (χ3n) is 8.87. The summed E-state index contributed by atoms with van der Waals surface area (Å²) in [4.78, 5) is 19.2. The fourth-order valence-electron chi connectivity index (χ4n) is 6.64. The van der Waals surface area contributed by atoms with Gasteiger partial charge in [-0.05, 0) is 75.6 Å². The Hall–Kier alpha value is -3.14. The van der Waals surface area contributed by atoms with E-state index < -0.39 is 11.6 Å². The maximum atomic E-state index is 13.9. The van der Waals surface area contributed by atoms with Crippen molar-refractivity contribution in [3.63, 3.8) is 0 Å². The molecule has 0 aromatic carbocycles. The van der Waals surface area contributed by atoms with Gasteiger partial charge in [-0.1, -0.05) is 0 Å². The van der Waals surface area contributed by atoms with Crippen molar-refractivity contribution in [1.82, 2.24) is 29.5 Å². The summed E-state index contributed by atoms with van der Waals surface area (Å²) in [6.07, 6.45) is 1.23. The van der Waals surface area contributed by atoms with Gasteiger partial charge in [0.2, 0.25) is 0 Å². The van der Waals surface area contributed by atoms with E-state index in [-0.39, 0.29) is 43.1 Å². The Labute approximate surface area is 211 Å². The summed E-state index contributed by atoms with van der Waals surface area (Å²) in [5.41, 5.74) is 3.68. The first-order valence-corrected chi connectivity index (χ1v) is 12.9. The molecule has 2 bridgehead atoms.